The van der Waals surface area contributed by atoms with Crippen molar-refractivity contribution in [2.75, 3.05) is 11.1 Å². The molecule has 0 fully saturated rings. The van der Waals surface area contributed by atoms with E-state index >= 15 is 0 Å². The fourth-order valence-corrected chi connectivity index (χ4v) is 3.04. The Balaban J connectivity index is 2.20. The van der Waals surface area contributed by atoms with Gasteiger partial charge in [0.1, 0.15) is 11.9 Å². The van der Waals surface area contributed by atoms with Gasteiger partial charge in [0.15, 0.2) is 5.17 Å². The van der Waals surface area contributed by atoms with Crippen molar-refractivity contribution in [3.63, 3.8) is 0 Å². The van der Waals surface area contributed by atoms with Crippen molar-refractivity contribution in [2.24, 2.45) is 4.99 Å². The third-order valence-electron chi connectivity index (χ3n) is 3.35. The van der Waals surface area contributed by atoms with Crippen molar-refractivity contribution in [1.29, 1.82) is 5.26 Å². The molecule has 1 aliphatic heterocycles. The third-order valence-corrected chi connectivity index (χ3v) is 4.23. The number of amidine groups is 1. The zero-order valence-corrected chi connectivity index (χ0v) is 11.9. The van der Waals surface area contributed by atoms with Gasteiger partial charge in [-0.25, -0.2) is 4.39 Å². The quantitative estimate of drug-likeness (QED) is 0.895. The van der Waals surface area contributed by atoms with Crippen LogP contribution in [0.1, 0.15) is 32.3 Å². The SMILES string of the molecule is CCC1(C)CCSC(Nc2ccc(F)c(C#N)c2)=N1. The Bertz CT molecular complexity index is 550. The molecule has 0 saturated carbocycles. The molecule has 1 unspecified atom stereocenters. The monoisotopic (exact) mass is 277 g/mol. The fraction of sp³-hybridized carbons (Fsp3) is 0.429. The summed E-state index contributed by atoms with van der Waals surface area (Å²) >= 11 is 1.66. The second-order valence-corrected chi connectivity index (χ2v) is 5.88. The van der Waals surface area contributed by atoms with Crippen molar-refractivity contribution >= 4 is 22.6 Å². The van der Waals surface area contributed by atoms with E-state index in [4.69, 9.17) is 10.3 Å². The zero-order valence-electron chi connectivity index (χ0n) is 11.0. The predicted octanol–water partition coefficient (Wildman–Crippen LogP) is 3.77. The Morgan fingerprint density at radius 3 is 3.05 bits per heavy atom. The van der Waals surface area contributed by atoms with Crippen LogP contribution in [0.3, 0.4) is 0 Å². The number of aliphatic imine (C=N–C) groups is 1. The Hall–Kier alpha value is -1.54. The number of hydrogen-bond donors (Lipinski definition) is 1. The van der Waals surface area contributed by atoms with Crippen molar-refractivity contribution in [1.82, 2.24) is 0 Å². The minimum absolute atomic E-state index is 0.0222. The van der Waals surface area contributed by atoms with E-state index in [0.29, 0.717) is 5.69 Å². The molecule has 1 atom stereocenters. The van der Waals surface area contributed by atoms with E-state index in [1.54, 1.807) is 17.8 Å². The van der Waals surface area contributed by atoms with Crippen LogP contribution in [0.4, 0.5) is 10.1 Å². The summed E-state index contributed by atoms with van der Waals surface area (Å²) in [4.78, 5) is 4.70. The molecule has 3 nitrogen and oxygen atoms in total. The Labute approximate surface area is 116 Å². The van der Waals surface area contributed by atoms with Gasteiger partial charge in [0, 0.05) is 11.4 Å². The first-order valence-electron chi connectivity index (χ1n) is 6.25. The van der Waals surface area contributed by atoms with Gasteiger partial charge in [-0.3, -0.25) is 4.99 Å². The fourth-order valence-electron chi connectivity index (χ4n) is 1.83. The molecule has 5 heteroatoms. The van der Waals surface area contributed by atoms with Crippen LogP contribution >= 0.6 is 11.8 Å². The van der Waals surface area contributed by atoms with Gasteiger partial charge in [0.25, 0.3) is 0 Å². The van der Waals surface area contributed by atoms with Crippen molar-refractivity contribution in [3.8, 4) is 6.07 Å². The summed E-state index contributed by atoms with van der Waals surface area (Å²) in [5, 5.41) is 12.8. The number of nitrogens with zero attached hydrogens (tertiary/aromatic N) is 2. The molecule has 0 aliphatic carbocycles. The lowest BCUT2D eigenvalue weighted by Gasteiger charge is -2.29. The smallest absolute Gasteiger partial charge is 0.161 e. The summed E-state index contributed by atoms with van der Waals surface area (Å²) in [6.07, 6.45) is 2.05. The summed E-state index contributed by atoms with van der Waals surface area (Å²) in [5.41, 5.74) is 0.722. The highest BCUT2D eigenvalue weighted by molar-refractivity contribution is 8.14. The lowest BCUT2D eigenvalue weighted by atomic mass is 9.97. The van der Waals surface area contributed by atoms with E-state index in [2.05, 4.69) is 19.2 Å². The number of rotatable bonds is 2. The van der Waals surface area contributed by atoms with Gasteiger partial charge in [-0.2, -0.15) is 5.26 Å². The molecule has 2 rings (SSSR count). The van der Waals surface area contributed by atoms with Crippen LogP contribution in [0, 0.1) is 17.1 Å². The number of hydrogen-bond acceptors (Lipinski definition) is 4. The van der Waals surface area contributed by atoms with E-state index in [1.165, 1.54) is 12.1 Å². The molecule has 0 bridgehead atoms. The highest BCUT2D eigenvalue weighted by atomic mass is 32.2. The molecule has 1 aromatic rings. The van der Waals surface area contributed by atoms with E-state index in [-0.39, 0.29) is 11.1 Å². The average Bonchev–Trinajstić information content (AvgIpc) is 2.41. The summed E-state index contributed by atoms with van der Waals surface area (Å²) in [6, 6.07) is 6.27. The molecule has 1 N–H and O–H groups in total. The van der Waals surface area contributed by atoms with Crippen LogP contribution in [0.2, 0.25) is 0 Å². The molecule has 1 heterocycles. The van der Waals surface area contributed by atoms with E-state index < -0.39 is 5.82 Å². The first kappa shape index (κ1) is 13.9. The number of anilines is 1. The third kappa shape index (κ3) is 3.27. The molecule has 1 aliphatic rings. The topological polar surface area (TPSA) is 48.2 Å². The average molecular weight is 277 g/mol. The standard InChI is InChI=1S/C14H16FN3S/c1-3-14(2)6-7-19-13(18-14)17-11-4-5-12(15)10(8-11)9-16/h4-5,8H,3,6-7H2,1-2H3,(H,17,18). The second-order valence-electron chi connectivity index (χ2n) is 4.80. The minimum atomic E-state index is -0.496. The van der Waals surface area contributed by atoms with E-state index in [9.17, 15) is 4.39 Å². The van der Waals surface area contributed by atoms with Crippen LogP contribution in [0.5, 0.6) is 0 Å². The summed E-state index contributed by atoms with van der Waals surface area (Å²) in [6.45, 7) is 4.27. The molecule has 0 saturated heterocycles. The molecular weight excluding hydrogens is 261 g/mol. The van der Waals surface area contributed by atoms with Gasteiger partial charge < -0.3 is 5.32 Å². The van der Waals surface area contributed by atoms with Gasteiger partial charge in [0.05, 0.1) is 11.1 Å². The summed E-state index contributed by atoms with van der Waals surface area (Å²) in [7, 11) is 0. The highest BCUT2D eigenvalue weighted by Crippen LogP contribution is 2.30. The number of benzene rings is 1. The number of halogens is 1. The molecule has 0 spiro atoms. The first-order valence-corrected chi connectivity index (χ1v) is 7.24. The maximum atomic E-state index is 13.2. The molecule has 19 heavy (non-hydrogen) atoms. The van der Waals surface area contributed by atoms with E-state index in [1.807, 2.05) is 6.07 Å². The zero-order chi connectivity index (χ0) is 13.9. The summed E-state index contributed by atoms with van der Waals surface area (Å²) in [5.74, 6) is 0.521. The first-order chi connectivity index (χ1) is 9.06. The maximum absolute atomic E-state index is 13.2. The van der Waals surface area contributed by atoms with E-state index in [0.717, 1.165) is 23.8 Å². The van der Waals surface area contributed by atoms with Gasteiger partial charge in [0.2, 0.25) is 0 Å². The lowest BCUT2D eigenvalue weighted by Crippen LogP contribution is -2.29. The van der Waals surface area contributed by atoms with Crippen molar-refractivity contribution in [2.45, 2.75) is 32.2 Å². The molecule has 0 radical (unpaired) electrons. The minimum Gasteiger partial charge on any atom is -0.335 e. The van der Waals surface area contributed by atoms with Crippen LogP contribution in [0.25, 0.3) is 0 Å². The normalized spacial score (nSPS) is 22.5. The molecular formula is C14H16FN3S. The lowest BCUT2D eigenvalue weighted by molar-refractivity contribution is 0.443. The van der Waals surface area contributed by atoms with Crippen LogP contribution in [0.15, 0.2) is 23.2 Å². The van der Waals surface area contributed by atoms with Gasteiger partial charge in [-0.15, -0.1) is 0 Å². The number of nitrogens with one attached hydrogen (secondary N) is 1. The second kappa shape index (κ2) is 5.62. The highest BCUT2D eigenvalue weighted by Gasteiger charge is 2.25. The Kier molecular flexibility index (Phi) is 4.11. The van der Waals surface area contributed by atoms with Crippen LogP contribution < -0.4 is 5.32 Å². The van der Waals surface area contributed by atoms with Crippen LogP contribution in [-0.4, -0.2) is 16.5 Å². The van der Waals surface area contributed by atoms with Crippen LogP contribution in [-0.2, 0) is 0 Å². The number of nitriles is 1. The molecule has 0 amide bonds. The molecule has 0 aromatic heterocycles. The van der Waals surface area contributed by atoms with Gasteiger partial charge >= 0.3 is 0 Å². The van der Waals surface area contributed by atoms with Gasteiger partial charge in [-0.05, 0) is 38.0 Å². The predicted molar refractivity (Wildman–Crippen MR) is 77.9 cm³/mol. The molecule has 100 valence electrons. The van der Waals surface area contributed by atoms with Crippen molar-refractivity contribution < 1.29 is 4.39 Å². The largest absolute Gasteiger partial charge is 0.335 e. The molecule has 1 aromatic carbocycles. The number of thioether (sulfide) groups is 1. The Morgan fingerprint density at radius 2 is 2.37 bits per heavy atom. The van der Waals surface area contributed by atoms with Crippen molar-refractivity contribution in [3.05, 3.63) is 29.6 Å². The maximum Gasteiger partial charge on any atom is 0.161 e. The summed E-state index contributed by atoms with van der Waals surface area (Å²) < 4.78 is 13.2. The van der Waals surface area contributed by atoms with Gasteiger partial charge in [-0.1, -0.05) is 18.7 Å². The Morgan fingerprint density at radius 1 is 1.58 bits per heavy atom.